The predicted molar refractivity (Wildman–Crippen MR) is 85.5 cm³/mol. The summed E-state index contributed by atoms with van der Waals surface area (Å²) in [7, 11) is 1.57. The van der Waals surface area contributed by atoms with Crippen LogP contribution in [0, 0.1) is 10.1 Å². The maximum Gasteiger partial charge on any atom is 0.254 e. The SMILES string of the molecule is CC1NNC(C(=O)N(C)c2ccc3ccccc3n2)C1[N+](=O)[O-]. The summed E-state index contributed by atoms with van der Waals surface area (Å²) in [6.07, 6.45) is 0. The van der Waals surface area contributed by atoms with Crippen molar-refractivity contribution in [3.63, 3.8) is 0 Å². The summed E-state index contributed by atoms with van der Waals surface area (Å²) >= 11 is 0. The molecule has 1 saturated heterocycles. The number of nitrogens with zero attached hydrogens (tertiary/aromatic N) is 3. The fourth-order valence-electron chi connectivity index (χ4n) is 2.76. The van der Waals surface area contributed by atoms with Gasteiger partial charge in [-0.3, -0.25) is 19.8 Å². The highest BCUT2D eigenvalue weighted by Crippen LogP contribution is 2.19. The monoisotopic (exact) mass is 315 g/mol. The number of benzene rings is 1. The zero-order chi connectivity index (χ0) is 16.6. The molecule has 0 bridgehead atoms. The van der Waals surface area contributed by atoms with Gasteiger partial charge in [-0.1, -0.05) is 18.2 Å². The third kappa shape index (κ3) is 2.73. The zero-order valence-electron chi connectivity index (χ0n) is 12.8. The average Bonchev–Trinajstić information content (AvgIpc) is 2.94. The van der Waals surface area contributed by atoms with Crippen molar-refractivity contribution in [3.8, 4) is 0 Å². The molecule has 1 aliphatic rings. The maximum atomic E-state index is 12.6. The highest BCUT2D eigenvalue weighted by atomic mass is 16.6. The lowest BCUT2D eigenvalue weighted by molar-refractivity contribution is -0.523. The lowest BCUT2D eigenvalue weighted by Gasteiger charge is -2.21. The molecule has 3 rings (SSSR count). The van der Waals surface area contributed by atoms with Crippen molar-refractivity contribution in [2.24, 2.45) is 0 Å². The number of pyridine rings is 1. The molecule has 2 heterocycles. The molecular weight excluding hydrogens is 298 g/mol. The first-order chi connectivity index (χ1) is 11.0. The molecule has 1 amide bonds. The molecule has 8 nitrogen and oxygen atoms in total. The van der Waals surface area contributed by atoms with Gasteiger partial charge in [0.25, 0.3) is 11.9 Å². The number of amides is 1. The fraction of sp³-hybridized carbons (Fsp3) is 0.333. The smallest absolute Gasteiger partial charge is 0.254 e. The number of rotatable bonds is 3. The Morgan fingerprint density at radius 2 is 2.00 bits per heavy atom. The van der Waals surface area contributed by atoms with Gasteiger partial charge in [-0.25, -0.2) is 15.8 Å². The van der Waals surface area contributed by atoms with Crippen LogP contribution >= 0.6 is 0 Å². The Morgan fingerprint density at radius 1 is 1.26 bits per heavy atom. The second-order valence-corrected chi connectivity index (χ2v) is 5.59. The number of hydrogen-bond acceptors (Lipinski definition) is 6. The number of aromatic nitrogens is 1. The number of anilines is 1. The Kier molecular flexibility index (Phi) is 3.93. The molecule has 1 fully saturated rings. The minimum absolute atomic E-state index is 0.397. The highest BCUT2D eigenvalue weighted by Gasteiger charge is 2.47. The molecule has 23 heavy (non-hydrogen) atoms. The van der Waals surface area contributed by atoms with Crippen LogP contribution in [-0.4, -0.2) is 41.0 Å². The summed E-state index contributed by atoms with van der Waals surface area (Å²) in [4.78, 5) is 29.2. The highest BCUT2D eigenvalue weighted by molar-refractivity contribution is 5.97. The Bertz CT molecular complexity index is 766. The Morgan fingerprint density at radius 3 is 2.74 bits per heavy atom. The first kappa shape index (κ1) is 15.3. The van der Waals surface area contributed by atoms with Gasteiger partial charge in [-0.05, 0) is 25.1 Å². The number of carbonyl (C=O) groups is 1. The molecule has 3 atom stereocenters. The largest absolute Gasteiger partial charge is 0.298 e. The Hall–Kier alpha value is -2.58. The Balaban J connectivity index is 1.87. The van der Waals surface area contributed by atoms with Gasteiger partial charge in [-0.2, -0.15) is 0 Å². The van der Waals surface area contributed by atoms with Crippen LogP contribution in [0.1, 0.15) is 6.92 Å². The van der Waals surface area contributed by atoms with E-state index in [1.165, 1.54) is 4.90 Å². The number of hydrogen-bond donors (Lipinski definition) is 2. The van der Waals surface area contributed by atoms with E-state index in [1.54, 1.807) is 20.0 Å². The van der Waals surface area contributed by atoms with E-state index in [9.17, 15) is 14.9 Å². The molecule has 1 aromatic heterocycles. The van der Waals surface area contributed by atoms with Crippen molar-refractivity contribution in [3.05, 3.63) is 46.5 Å². The number of hydrazine groups is 1. The van der Waals surface area contributed by atoms with E-state index in [2.05, 4.69) is 15.8 Å². The van der Waals surface area contributed by atoms with Crippen molar-refractivity contribution in [2.45, 2.75) is 25.0 Å². The van der Waals surface area contributed by atoms with Crippen LogP contribution in [0.5, 0.6) is 0 Å². The molecular formula is C15H17N5O3. The van der Waals surface area contributed by atoms with Crippen LogP contribution in [0.3, 0.4) is 0 Å². The lowest BCUT2D eigenvalue weighted by Crippen LogP contribution is -2.50. The van der Waals surface area contributed by atoms with E-state index in [0.717, 1.165) is 10.9 Å². The number of fused-ring (bicyclic) bond motifs is 1. The van der Waals surface area contributed by atoms with E-state index in [4.69, 9.17) is 0 Å². The van der Waals surface area contributed by atoms with Crippen molar-refractivity contribution < 1.29 is 9.72 Å². The van der Waals surface area contributed by atoms with Crippen molar-refractivity contribution >= 4 is 22.6 Å². The van der Waals surface area contributed by atoms with Gasteiger partial charge < -0.3 is 0 Å². The normalized spacial score (nSPS) is 23.8. The first-order valence-corrected chi connectivity index (χ1v) is 7.27. The number of carbonyl (C=O) groups excluding carboxylic acids is 1. The molecule has 1 aliphatic heterocycles. The minimum Gasteiger partial charge on any atom is -0.298 e. The standard InChI is InChI=1S/C15H17N5O3/c1-9-14(20(22)23)13(18-17-9)15(21)19(2)12-8-7-10-5-3-4-6-11(10)16-12/h3-9,13-14,17-18H,1-2H3. The van der Waals surface area contributed by atoms with Crippen LogP contribution in [0.15, 0.2) is 36.4 Å². The average molecular weight is 315 g/mol. The lowest BCUT2D eigenvalue weighted by atomic mass is 10.0. The van der Waals surface area contributed by atoms with Crippen LogP contribution in [0.4, 0.5) is 5.82 Å². The number of nitro groups is 1. The summed E-state index contributed by atoms with van der Waals surface area (Å²) < 4.78 is 0. The van der Waals surface area contributed by atoms with Gasteiger partial charge in [0.05, 0.1) is 11.6 Å². The number of nitrogens with one attached hydrogen (secondary N) is 2. The maximum absolute atomic E-state index is 12.6. The van der Waals surface area contributed by atoms with Gasteiger partial charge >= 0.3 is 0 Å². The predicted octanol–water partition coefficient (Wildman–Crippen LogP) is 0.708. The molecule has 2 aromatic rings. The quantitative estimate of drug-likeness (QED) is 0.639. The van der Waals surface area contributed by atoms with E-state index in [0.29, 0.717) is 5.82 Å². The van der Waals surface area contributed by atoms with Crippen LogP contribution < -0.4 is 15.8 Å². The number of para-hydroxylation sites is 1. The molecule has 120 valence electrons. The summed E-state index contributed by atoms with van der Waals surface area (Å²) in [6.45, 7) is 1.67. The van der Waals surface area contributed by atoms with Crippen molar-refractivity contribution in [1.29, 1.82) is 0 Å². The van der Waals surface area contributed by atoms with Gasteiger partial charge in [0.15, 0.2) is 6.04 Å². The molecule has 3 unspecified atom stereocenters. The van der Waals surface area contributed by atoms with E-state index < -0.39 is 29.0 Å². The molecule has 2 N–H and O–H groups in total. The van der Waals surface area contributed by atoms with Crippen molar-refractivity contribution in [2.75, 3.05) is 11.9 Å². The Labute approximate surface area is 132 Å². The van der Waals surface area contributed by atoms with E-state index >= 15 is 0 Å². The minimum atomic E-state index is -1.02. The summed E-state index contributed by atoms with van der Waals surface area (Å²) in [5.41, 5.74) is 6.24. The summed E-state index contributed by atoms with van der Waals surface area (Å²) in [5.74, 6) is 0.0588. The van der Waals surface area contributed by atoms with E-state index in [-0.39, 0.29) is 0 Å². The fourth-order valence-corrected chi connectivity index (χ4v) is 2.76. The topological polar surface area (TPSA) is 100 Å². The van der Waals surface area contributed by atoms with Gasteiger partial charge in [-0.15, -0.1) is 0 Å². The summed E-state index contributed by atoms with van der Waals surface area (Å²) in [6, 6.07) is 8.78. The number of likely N-dealkylation sites (N-methyl/N-ethyl adjacent to an activating group) is 1. The van der Waals surface area contributed by atoms with Gasteiger partial charge in [0, 0.05) is 17.4 Å². The van der Waals surface area contributed by atoms with Gasteiger partial charge in [0.1, 0.15) is 5.82 Å². The molecule has 0 spiro atoms. The third-order valence-corrected chi connectivity index (χ3v) is 4.09. The molecule has 0 saturated carbocycles. The second-order valence-electron chi connectivity index (χ2n) is 5.59. The van der Waals surface area contributed by atoms with E-state index in [1.807, 2.05) is 30.3 Å². The zero-order valence-corrected chi connectivity index (χ0v) is 12.8. The van der Waals surface area contributed by atoms with Crippen molar-refractivity contribution in [1.82, 2.24) is 15.8 Å². The van der Waals surface area contributed by atoms with Crippen LogP contribution in [0.2, 0.25) is 0 Å². The second kappa shape index (κ2) is 5.90. The first-order valence-electron chi connectivity index (χ1n) is 7.27. The molecule has 0 radical (unpaired) electrons. The molecule has 0 aliphatic carbocycles. The van der Waals surface area contributed by atoms with Gasteiger partial charge in [0.2, 0.25) is 0 Å². The summed E-state index contributed by atoms with van der Waals surface area (Å²) in [5, 5.41) is 12.2. The third-order valence-electron chi connectivity index (χ3n) is 4.09. The van der Waals surface area contributed by atoms with Crippen LogP contribution in [0.25, 0.3) is 10.9 Å². The van der Waals surface area contributed by atoms with Crippen LogP contribution in [-0.2, 0) is 4.79 Å². The molecule has 1 aromatic carbocycles. The molecule has 8 heteroatoms.